The molecule has 0 aromatic heterocycles. The highest BCUT2D eigenvalue weighted by atomic mass is 28.4. The maximum atomic E-state index is 9.23. The second-order valence-electron chi connectivity index (χ2n) is 4.71. The van der Waals surface area contributed by atoms with E-state index in [0.29, 0.717) is 6.61 Å². The van der Waals surface area contributed by atoms with Crippen molar-refractivity contribution in [2.75, 3.05) is 6.61 Å². The maximum Gasteiger partial charge on any atom is 0.186 e. The predicted molar refractivity (Wildman–Crippen MR) is 70.4 cm³/mol. The van der Waals surface area contributed by atoms with Crippen LogP contribution in [0.3, 0.4) is 0 Å². The SMILES string of the molecule is CCOc1ccccc1C(C#N)O[Si](C)(C)C. The number of hydrogen-bond acceptors (Lipinski definition) is 3. The minimum Gasteiger partial charge on any atom is -0.493 e. The van der Waals surface area contributed by atoms with E-state index in [1.165, 1.54) is 0 Å². The normalized spacial score (nSPS) is 12.9. The summed E-state index contributed by atoms with van der Waals surface area (Å²) in [5.74, 6) is 0.736. The highest BCUT2D eigenvalue weighted by Gasteiger charge is 2.24. The number of nitriles is 1. The lowest BCUT2D eigenvalue weighted by molar-refractivity contribution is 0.244. The second-order valence-corrected chi connectivity index (χ2v) is 9.17. The number of nitrogens with zero attached hydrogens (tertiary/aromatic N) is 1. The lowest BCUT2D eigenvalue weighted by atomic mass is 10.1. The van der Waals surface area contributed by atoms with Crippen molar-refractivity contribution in [3.63, 3.8) is 0 Å². The third kappa shape index (κ3) is 4.21. The van der Waals surface area contributed by atoms with Gasteiger partial charge in [0.25, 0.3) is 0 Å². The summed E-state index contributed by atoms with van der Waals surface area (Å²) in [6.07, 6.45) is -0.538. The summed E-state index contributed by atoms with van der Waals surface area (Å²) in [6, 6.07) is 9.76. The molecule has 0 radical (unpaired) electrons. The Hall–Kier alpha value is -1.31. The molecule has 4 heteroatoms. The molecule has 0 aliphatic rings. The van der Waals surface area contributed by atoms with E-state index < -0.39 is 14.4 Å². The van der Waals surface area contributed by atoms with Crippen LogP contribution in [0, 0.1) is 11.3 Å². The number of hydrogen-bond donors (Lipinski definition) is 0. The van der Waals surface area contributed by atoms with Crippen molar-refractivity contribution in [3.05, 3.63) is 29.8 Å². The minimum absolute atomic E-state index is 0.538. The summed E-state index contributed by atoms with van der Waals surface area (Å²) in [5, 5.41) is 9.23. The molecule has 1 rings (SSSR count). The van der Waals surface area contributed by atoms with Gasteiger partial charge in [-0.05, 0) is 32.6 Å². The van der Waals surface area contributed by atoms with E-state index in [4.69, 9.17) is 9.16 Å². The molecule has 0 bridgehead atoms. The Kier molecular flexibility index (Phi) is 4.73. The van der Waals surface area contributed by atoms with Gasteiger partial charge >= 0.3 is 0 Å². The largest absolute Gasteiger partial charge is 0.493 e. The van der Waals surface area contributed by atoms with Crippen LogP contribution in [-0.2, 0) is 4.43 Å². The fourth-order valence-electron chi connectivity index (χ4n) is 1.50. The van der Waals surface area contributed by atoms with Gasteiger partial charge in [0.1, 0.15) is 5.75 Å². The van der Waals surface area contributed by atoms with Crippen molar-refractivity contribution in [2.24, 2.45) is 0 Å². The van der Waals surface area contributed by atoms with E-state index in [2.05, 4.69) is 25.7 Å². The molecule has 0 N–H and O–H groups in total. The Morgan fingerprint density at radius 2 is 1.94 bits per heavy atom. The topological polar surface area (TPSA) is 42.2 Å². The molecule has 17 heavy (non-hydrogen) atoms. The first-order valence-electron chi connectivity index (χ1n) is 5.77. The van der Waals surface area contributed by atoms with Crippen molar-refractivity contribution in [1.29, 1.82) is 5.26 Å². The molecule has 3 nitrogen and oxygen atoms in total. The zero-order valence-corrected chi connectivity index (χ0v) is 11.9. The molecule has 0 saturated carbocycles. The Morgan fingerprint density at radius 3 is 2.47 bits per heavy atom. The van der Waals surface area contributed by atoms with Crippen molar-refractivity contribution in [2.45, 2.75) is 32.7 Å². The molecule has 1 aromatic carbocycles. The summed E-state index contributed by atoms with van der Waals surface area (Å²) in [4.78, 5) is 0. The van der Waals surface area contributed by atoms with Gasteiger partial charge in [0, 0.05) is 5.56 Å². The average molecular weight is 249 g/mol. The van der Waals surface area contributed by atoms with Gasteiger partial charge in [-0.25, -0.2) is 0 Å². The van der Waals surface area contributed by atoms with E-state index in [1.807, 2.05) is 31.2 Å². The fraction of sp³-hybridized carbons (Fsp3) is 0.462. The first kappa shape index (κ1) is 13.8. The smallest absolute Gasteiger partial charge is 0.186 e. The molecular formula is C13H19NO2Si. The van der Waals surface area contributed by atoms with Crippen molar-refractivity contribution >= 4 is 8.32 Å². The van der Waals surface area contributed by atoms with Crippen molar-refractivity contribution in [1.82, 2.24) is 0 Å². The van der Waals surface area contributed by atoms with Crippen LogP contribution < -0.4 is 4.74 Å². The first-order valence-corrected chi connectivity index (χ1v) is 9.18. The zero-order chi connectivity index (χ0) is 12.9. The van der Waals surface area contributed by atoms with E-state index in [0.717, 1.165) is 11.3 Å². The van der Waals surface area contributed by atoms with Gasteiger partial charge in [0.2, 0.25) is 0 Å². The third-order valence-corrected chi connectivity index (χ3v) is 3.03. The molecule has 0 saturated heterocycles. The summed E-state index contributed by atoms with van der Waals surface area (Å²) in [5.41, 5.74) is 0.819. The average Bonchev–Trinajstić information content (AvgIpc) is 2.26. The van der Waals surface area contributed by atoms with Crippen molar-refractivity contribution in [3.8, 4) is 11.8 Å². The van der Waals surface area contributed by atoms with Gasteiger partial charge in [-0.15, -0.1) is 0 Å². The number of benzene rings is 1. The Bertz CT molecular complexity index is 407. The summed E-state index contributed by atoms with van der Waals surface area (Å²) in [7, 11) is -1.75. The Morgan fingerprint density at radius 1 is 1.29 bits per heavy atom. The molecule has 1 aromatic rings. The van der Waals surface area contributed by atoms with E-state index in [9.17, 15) is 5.26 Å². The Labute approximate surface area is 104 Å². The van der Waals surface area contributed by atoms with Crippen LogP contribution in [0.15, 0.2) is 24.3 Å². The Balaban J connectivity index is 3.00. The standard InChI is InChI=1S/C13H19NO2Si/c1-5-15-12-9-7-6-8-11(12)13(10-14)16-17(2,3)4/h6-9,13H,5H2,1-4H3. The van der Waals surface area contributed by atoms with Gasteiger partial charge in [0.15, 0.2) is 14.4 Å². The monoisotopic (exact) mass is 249 g/mol. The predicted octanol–water partition coefficient (Wildman–Crippen LogP) is 3.50. The van der Waals surface area contributed by atoms with Crippen LogP contribution in [0.5, 0.6) is 5.75 Å². The van der Waals surface area contributed by atoms with Gasteiger partial charge in [-0.2, -0.15) is 5.26 Å². The first-order chi connectivity index (χ1) is 7.98. The van der Waals surface area contributed by atoms with Gasteiger partial charge in [-0.1, -0.05) is 18.2 Å². The lowest BCUT2D eigenvalue weighted by Crippen LogP contribution is -2.27. The number of para-hydroxylation sites is 1. The number of rotatable bonds is 5. The van der Waals surface area contributed by atoms with Crippen molar-refractivity contribution < 1.29 is 9.16 Å². The van der Waals surface area contributed by atoms with Gasteiger partial charge in [0.05, 0.1) is 12.7 Å². The quantitative estimate of drug-likeness (QED) is 0.750. The second kappa shape index (κ2) is 5.85. The highest BCUT2D eigenvalue weighted by molar-refractivity contribution is 6.69. The van der Waals surface area contributed by atoms with E-state index in [1.54, 1.807) is 0 Å². The van der Waals surface area contributed by atoms with Crippen LogP contribution in [0.4, 0.5) is 0 Å². The van der Waals surface area contributed by atoms with Crippen LogP contribution >= 0.6 is 0 Å². The molecule has 0 spiro atoms. The van der Waals surface area contributed by atoms with E-state index >= 15 is 0 Å². The fourth-order valence-corrected chi connectivity index (χ4v) is 2.38. The zero-order valence-electron chi connectivity index (χ0n) is 10.9. The number of ether oxygens (including phenoxy) is 1. The van der Waals surface area contributed by atoms with Crippen LogP contribution in [0.25, 0.3) is 0 Å². The molecule has 1 atom stereocenters. The summed E-state index contributed by atoms with van der Waals surface area (Å²) in [6.45, 7) is 8.72. The minimum atomic E-state index is -1.75. The molecule has 0 aliphatic heterocycles. The van der Waals surface area contributed by atoms with Crippen LogP contribution in [0.1, 0.15) is 18.6 Å². The molecular weight excluding hydrogens is 230 g/mol. The van der Waals surface area contributed by atoms with Crippen LogP contribution in [-0.4, -0.2) is 14.9 Å². The lowest BCUT2D eigenvalue weighted by Gasteiger charge is -2.23. The summed E-state index contributed by atoms with van der Waals surface area (Å²) >= 11 is 0. The molecule has 0 amide bonds. The maximum absolute atomic E-state index is 9.23. The molecule has 0 fully saturated rings. The highest BCUT2D eigenvalue weighted by Crippen LogP contribution is 2.29. The molecule has 0 aliphatic carbocycles. The molecule has 1 unspecified atom stereocenters. The van der Waals surface area contributed by atoms with Gasteiger partial charge < -0.3 is 9.16 Å². The molecule has 0 heterocycles. The van der Waals surface area contributed by atoms with E-state index in [-0.39, 0.29) is 0 Å². The summed E-state index contributed by atoms with van der Waals surface area (Å²) < 4.78 is 11.4. The third-order valence-electron chi connectivity index (χ3n) is 2.09. The van der Waals surface area contributed by atoms with Gasteiger partial charge in [-0.3, -0.25) is 0 Å². The molecule has 92 valence electrons. The van der Waals surface area contributed by atoms with Crippen LogP contribution in [0.2, 0.25) is 19.6 Å².